The van der Waals surface area contributed by atoms with E-state index < -0.39 is 7.73 Å². The first kappa shape index (κ1) is 7.74. The van der Waals surface area contributed by atoms with E-state index in [0.29, 0.717) is 5.92 Å². The molecule has 4 heteroatoms. The van der Waals surface area contributed by atoms with E-state index in [0.717, 1.165) is 6.61 Å². The highest BCUT2D eigenvalue weighted by molar-refractivity contribution is 7.76. The van der Waals surface area contributed by atoms with Crippen molar-refractivity contribution < 1.29 is 9.05 Å². The van der Waals surface area contributed by atoms with Gasteiger partial charge in [0.2, 0.25) is 0 Å². The average molecular weight is 169 g/mol. The molecule has 1 aliphatic rings. The minimum absolute atomic E-state index is 0.252. The van der Waals surface area contributed by atoms with Gasteiger partial charge in [-0.15, -0.1) is 0 Å². The van der Waals surface area contributed by atoms with Crippen molar-refractivity contribution in [2.75, 3.05) is 6.61 Å². The molecule has 9 heavy (non-hydrogen) atoms. The monoisotopic (exact) mass is 168 g/mol. The molecule has 1 aliphatic heterocycles. The smallest absolute Gasteiger partial charge is 0.277 e. The van der Waals surface area contributed by atoms with Gasteiger partial charge in [-0.05, 0) is 18.2 Å². The van der Waals surface area contributed by atoms with Crippen LogP contribution in [0.1, 0.15) is 13.8 Å². The van der Waals surface area contributed by atoms with E-state index in [2.05, 4.69) is 6.92 Å². The lowest BCUT2D eigenvalue weighted by atomic mass is 10.1. The van der Waals surface area contributed by atoms with Crippen LogP contribution >= 0.6 is 19.0 Å². The zero-order valence-corrected chi connectivity index (χ0v) is 7.15. The van der Waals surface area contributed by atoms with Gasteiger partial charge in [-0.2, -0.15) is 0 Å². The van der Waals surface area contributed by atoms with Crippen LogP contribution in [-0.2, 0) is 9.05 Å². The second kappa shape index (κ2) is 3.16. The van der Waals surface area contributed by atoms with Gasteiger partial charge >= 0.3 is 0 Å². The SMILES string of the molecule is CC1COP(Cl)OC1C. The fraction of sp³-hybridized carbons (Fsp3) is 1.00. The first-order valence-corrected chi connectivity index (χ1v) is 5.04. The standard InChI is InChI=1S/C5H10ClO2P/c1-4-3-7-9(6)8-5(4)2/h4-5H,3H2,1-2H3. The first-order valence-electron chi connectivity index (χ1n) is 2.95. The van der Waals surface area contributed by atoms with Crippen LogP contribution in [0.25, 0.3) is 0 Å². The lowest BCUT2D eigenvalue weighted by Gasteiger charge is -2.27. The summed E-state index contributed by atoms with van der Waals surface area (Å²) in [6.07, 6.45) is 0.252. The average Bonchev–Trinajstić information content (AvgIpc) is 1.80. The minimum atomic E-state index is -1.09. The van der Waals surface area contributed by atoms with Crippen molar-refractivity contribution in [2.45, 2.75) is 20.0 Å². The van der Waals surface area contributed by atoms with E-state index in [9.17, 15) is 0 Å². The first-order chi connectivity index (χ1) is 4.20. The predicted molar refractivity (Wildman–Crippen MR) is 38.4 cm³/mol. The molecular weight excluding hydrogens is 158 g/mol. The Morgan fingerprint density at radius 3 is 2.67 bits per heavy atom. The molecule has 3 unspecified atom stereocenters. The van der Waals surface area contributed by atoms with Crippen molar-refractivity contribution in [3.63, 3.8) is 0 Å². The van der Waals surface area contributed by atoms with Crippen molar-refractivity contribution in [2.24, 2.45) is 5.92 Å². The van der Waals surface area contributed by atoms with Crippen LogP contribution in [0, 0.1) is 5.92 Å². The van der Waals surface area contributed by atoms with Gasteiger partial charge in [0.05, 0.1) is 12.7 Å². The molecule has 0 aliphatic carbocycles. The molecule has 0 amide bonds. The molecule has 0 N–H and O–H groups in total. The summed E-state index contributed by atoms with van der Waals surface area (Å²) in [7, 11) is -1.09. The van der Waals surface area contributed by atoms with E-state index in [1.165, 1.54) is 0 Å². The zero-order valence-electron chi connectivity index (χ0n) is 5.50. The van der Waals surface area contributed by atoms with Crippen molar-refractivity contribution >= 4 is 19.0 Å². The summed E-state index contributed by atoms with van der Waals surface area (Å²) in [5, 5.41) is 0. The number of hydrogen-bond donors (Lipinski definition) is 0. The van der Waals surface area contributed by atoms with E-state index in [4.69, 9.17) is 20.3 Å². The molecule has 0 radical (unpaired) electrons. The van der Waals surface area contributed by atoms with Crippen LogP contribution in [0.2, 0.25) is 0 Å². The molecule has 1 rings (SSSR count). The van der Waals surface area contributed by atoms with Gasteiger partial charge in [0.25, 0.3) is 7.73 Å². The maximum Gasteiger partial charge on any atom is 0.277 e. The Morgan fingerprint density at radius 2 is 2.22 bits per heavy atom. The van der Waals surface area contributed by atoms with Crippen LogP contribution < -0.4 is 0 Å². The Morgan fingerprint density at radius 1 is 1.56 bits per heavy atom. The quantitative estimate of drug-likeness (QED) is 0.518. The van der Waals surface area contributed by atoms with Crippen LogP contribution in [0.5, 0.6) is 0 Å². The maximum absolute atomic E-state index is 5.60. The molecule has 0 saturated carbocycles. The highest BCUT2D eigenvalue weighted by Gasteiger charge is 2.24. The van der Waals surface area contributed by atoms with Gasteiger partial charge in [0.15, 0.2) is 0 Å². The molecule has 0 aromatic heterocycles. The molecule has 0 aromatic carbocycles. The summed E-state index contributed by atoms with van der Waals surface area (Å²) in [6.45, 7) is 4.84. The number of halogens is 1. The Labute approximate surface area is 61.2 Å². The molecule has 54 valence electrons. The van der Waals surface area contributed by atoms with Gasteiger partial charge < -0.3 is 9.05 Å². The largest absolute Gasteiger partial charge is 0.322 e. The number of rotatable bonds is 0. The maximum atomic E-state index is 5.60. The summed E-state index contributed by atoms with van der Waals surface area (Å²) < 4.78 is 10.3. The summed E-state index contributed by atoms with van der Waals surface area (Å²) >= 11 is 5.60. The third-order valence-corrected chi connectivity index (χ3v) is 2.87. The Hall–Kier alpha value is 0.640. The highest BCUT2D eigenvalue weighted by atomic mass is 35.7. The van der Waals surface area contributed by atoms with Gasteiger partial charge in [-0.25, -0.2) is 0 Å². The molecule has 1 fully saturated rings. The summed E-state index contributed by atoms with van der Waals surface area (Å²) in [6, 6.07) is 0. The van der Waals surface area contributed by atoms with E-state index in [1.807, 2.05) is 6.92 Å². The molecule has 1 saturated heterocycles. The zero-order chi connectivity index (χ0) is 6.85. The summed E-state index contributed by atoms with van der Waals surface area (Å²) in [5.74, 6) is 0.475. The van der Waals surface area contributed by atoms with Crippen LogP contribution in [0.3, 0.4) is 0 Å². The van der Waals surface area contributed by atoms with E-state index in [-0.39, 0.29) is 6.10 Å². The molecule has 0 aromatic rings. The molecule has 2 nitrogen and oxygen atoms in total. The topological polar surface area (TPSA) is 18.5 Å². The minimum Gasteiger partial charge on any atom is -0.322 e. The lowest BCUT2D eigenvalue weighted by molar-refractivity contribution is 0.0744. The molecule has 0 spiro atoms. The fourth-order valence-electron chi connectivity index (χ4n) is 0.577. The number of hydrogen-bond acceptors (Lipinski definition) is 2. The van der Waals surface area contributed by atoms with Crippen LogP contribution in [-0.4, -0.2) is 12.7 Å². The van der Waals surface area contributed by atoms with Crippen LogP contribution in [0.15, 0.2) is 0 Å². The van der Waals surface area contributed by atoms with Crippen molar-refractivity contribution in [3.8, 4) is 0 Å². The van der Waals surface area contributed by atoms with Crippen LogP contribution in [0.4, 0.5) is 0 Å². The van der Waals surface area contributed by atoms with Gasteiger partial charge in [0, 0.05) is 5.92 Å². The Bertz CT molecular complexity index is 101. The third-order valence-electron chi connectivity index (χ3n) is 1.49. The third kappa shape index (κ3) is 2.05. The van der Waals surface area contributed by atoms with Gasteiger partial charge in [-0.3, -0.25) is 0 Å². The van der Waals surface area contributed by atoms with E-state index in [1.54, 1.807) is 0 Å². The fourth-order valence-corrected chi connectivity index (χ4v) is 2.01. The van der Waals surface area contributed by atoms with Crippen molar-refractivity contribution in [3.05, 3.63) is 0 Å². The second-order valence-electron chi connectivity index (χ2n) is 2.30. The van der Waals surface area contributed by atoms with E-state index >= 15 is 0 Å². The molecular formula is C5H10ClO2P. The molecule has 1 heterocycles. The van der Waals surface area contributed by atoms with Crippen molar-refractivity contribution in [1.29, 1.82) is 0 Å². The molecule has 0 bridgehead atoms. The lowest BCUT2D eigenvalue weighted by Crippen LogP contribution is -2.24. The summed E-state index contributed by atoms with van der Waals surface area (Å²) in [5.41, 5.74) is 0. The molecule has 3 atom stereocenters. The van der Waals surface area contributed by atoms with Gasteiger partial charge in [-0.1, -0.05) is 6.92 Å². The highest BCUT2D eigenvalue weighted by Crippen LogP contribution is 2.49. The van der Waals surface area contributed by atoms with Gasteiger partial charge in [0.1, 0.15) is 0 Å². The summed E-state index contributed by atoms with van der Waals surface area (Å²) in [4.78, 5) is 0. The normalized spacial score (nSPS) is 45.0. The Kier molecular flexibility index (Phi) is 2.72. The Balaban J connectivity index is 2.35. The van der Waals surface area contributed by atoms with Crippen molar-refractivity contribution in [1.82, 2.24) is 0 Å². The second-order valence-corrected chi connectivity index (χ2v) is 4.02. The predicted octanol–water partition coefficient (Wildman–Crippen LogP) is 2.52.